The number of hydrogen-bond acceptors (Lipinski definition) is 5. The molecule has 0 spiro atoms. The average Bonchev–Trinajstić information content (AvgIpc) is 2.44. The smallest absolute Gasteiger partial charge is 0.328 e. The van der Waals surface area contributed by atoms with Gasteiger partial charge in [0.05, 0.1) is 0 Å². The zero-order valence-corrected chi connectivity index (χ0v) is 12.4. The van der Waals surface area contributed by atoms with Gasteiger partial charge in [-0.25, -0.2) is 4.79 Å². The number of aliphatic imine (C=N–C) groups is 2. The highest BCUT2D eigenvalue weighted by molar-refractivity contribution is 5.74. The van der Waals surface area contributed by atoms with Crippen LogP contribution in [0.1, 0.15) is 45.4 Å². The molecule has 0 heterocycles. The first-order valence-corrected chi connectivity index (χ1v) is 6.89. The quantitative estimate of drug-likeness (QED) is 0.396. The number of rotatable bonds is 11. The van der Waals surface area contributed by atoms with Crippen molar-refractivity contribution in [1.82, 2.24) is 0 Å². The number of aliphatic carboxylic acids is 1. The van der Waals surface area contributed by atoms with E-state index in [2.05, 4.69) is 23.4 Å². The van der Waals surface area contributed by atoms with Gasteiger partial charge in [-0.2, -0.15) is 0 Å². The molecule has 0 aromatic carbocycles. The molecule has 0 saturated carbocycles. The van der Waals surface area contributed by atoms with Crippen molar-refractivity contribution >= 4 is 19.4 Å². The highest BCUT2D eigenvalue weighted by atomic mass is 16.4. The molecule has 3 N–H and O–H groups in total. The summed E-state index contributed by atoms with van der Waals surface area (Å²) in [6, 6.07) is -0.349. The molecule has 0 saturated heterocycles. The van der Waals surface area contributed by atoms with Gasteiger partial charge >= 0.3 is 5.97 Å². The number of nitrogens with zero attached hydrogens (tertiary/aromatic N) is 2. The number of aliphatic hydroxyl groups excluding tert-OH is 2. The predicted octanol–water partition coefficient (Wildman–Crippen LogP) is 1.54. The van der Waals surface area contributed by atoms with E-state index in [0.717, 1.165) is 19.3 Å². The van der Waals surface area contributed by atoms with Gasteiger partial charge in [0.2, 0.25) is 0 Å². The maximum absolute atomic E-state index is 10.3. The predicted molar refractivity (Wildman–Crippen MR) is 81.9 cm³/mol. The monoisotopic (exact) mass is 288 g/mol. The van der Waals surface area contributed by atoms with Crippen LogP contribution in [0, 0.1) is 0 Å². The van der Waals surface area contributed by atoms with Crippen LogP contribution >= 0.6 is 0 Å². The molecule has 0 aliphatic heterocycles. The molecule has 0 aliphatic carbocycles. The second-order valence-corrected chi connectivity index (χ2v) is 4.51. The molecular formula is C14H28N2O4. The third-order valence-electron chi connectivity index (χ3n) is 2.73. The van der Waals surface area contributed by atoms with E-state index >= 15 is 0 Å². The Bertz CT molecular complexity index is 260. The summed E-state index contributed by atoms with van der Waals surface area (Å²) < 4.78 is 0. The van der Waals surface area contributed by atoms with Gasteiger partial charge in [0, 0.05) is 19.3 Å². The first-order chi connectivity index (χ1) is 9.53. The molecule has 20 heavy (non-hydrogen) atoms. The Kier molecular flexibility index (Phi) is 16.6. The summed E-state index contributed by atoms with van der Waals surface area (Å²) in [5.41, 5.74) is 0. The first kappa shape index (κ1) is 21.0. The van der Waals surface area contributed by atoms with Gasteiger partial charge in [0.15, 0.2) is 0 Å². The van der Waals surface area contributed by atoms with Crippen molar-refractivity contribution < 1.29 is 20.1 Å². The van der Waals surface area contributed by atoms with Crippen LogP contribution in [-0.2, 0) is 4.79 Å². The maximum Gasteiger partial charge on any atom is 0.328 e. The highest BCUT2D eigenvalue weighted by Crippen LogP contribution is 2.03. The van der Waals surface area contributed by atoms with Crippen molar-refractivity contribution in [3.05, 3.63) is 0 Å². The van der Waals surface area contributed by atoms with Crippen LogP contribution in [0.4, 0.5) is 0 Å². The fraction of sp³-hybridized carbons (Fsp3) is 0.786. The van der Waals surface area contributed by atoms with Gasteiger partial charge in [-0.05, 0) is 58.9 Å². The van der Waals surface area contributed by atoms with Crippen LogP contribution in [0.3, 0.4) is 0 Å². The molecule has 6 nitrogen and oxygen atoms in total. The van der Waals surface area contributed by atoms with Crippen LogP contribution in [0.5, 0.6) is 0 Å². The summed E-state index contributed by atoms with van der Waals surface area (Å²) in [5, 5.41) is 25.3. The summed E-state index contributed by atoms with van der Waals surface area (Å²) in [6.45, 7) is 9.02. The van der Waals surface area contributed by atoms with Crippen molar-refractivity contribution in [1.29, 1.82) is 0 Å². The average molecular weight is 288 g/mol. The number of unbranched alkanes of at least 4 members (excludes halogenated alkanes) is 2. The molecular weight excluding hydrogens is 260 g/mol. The second-order valence-electron chi connectivity index (χ2n) is 4.51. The highest BCUT2D eigenvalue weighted by Gasteiger charge is 2.12. The largest absolute Gasteiger partial charge is 0.480 e. The summed E-state index contributed by atoms with van der Waals surface area (Å²) in [5.74, 6) is -0.946. The maximum atomic E-state index is 10.3. The molecule has 0 radical (unpaired) electrons. The van der Waals surface area contributed by atoms with Crippen LogP contribution in [0.2, 0.25) is 0 Å². The lowest BCUT2D eigenvalue weighted by molar-refractivity contribution is -0.138. The van der Waals surface area contributed by atoms with Crippen molar-refractivity contribution in [2.45, 2.75) is 57.5 Å². The molecule has 0 bridgehead atoms. The molecule has 6 heteroatoms. The van der Waals surface area contributed by atoms with E-state index in [1.807, 2.05) is 6.92 Å². The topological polar surface area (TPSA) is 102 Å². The molecule has 0 unspecified atom stereocenters. The molecule has 0 aromatic heterocycles. The molecule has 2 atom stereocenters. The van der Waals surface area contributed by atoms with Gasteiger partial charge in [0.25, 0.3) is 0 Å². The fourth-order valence-electron chi connectivity index (χ4n) is 1.39. The molecule has 0 fully saturated rings. The Morgan fingerprint density at radius 3 is 1.85 bits per heavy atom. The van der Waals surface area contributed by atoms with Crippen molar-refractivity contribution in [3.63, 3.8) is 0 Å². The van der Waals surface area contributed by atoms with E-state index in [0.29, 0.717) is 31.9 Å². The fourth-order valence-corrected chi connectivity index (χ4v) is 1.39. The van der Waals surface area contributed by atoms with Gasteiger partial charge in [0.1, 0.15) is 6.04 Å². The van der Waals surface area contributed by atoms with Crippen molar-refractivity contribution in [2.75, 3.05) is 13.2 Å². The van der Waals surface area contributed by atoms with E-state index in [1.54, 1.807) is 0 Å². The van der Waals surface area contributed by atoms with Gasteiger partial charge in [-0.1, -0.05) is 0 Å². The van der Waals surface area contributed by atoms with Crippen LogP contribution in [-0.4, -0.2) is 60.0 Å². The first-order valence-electron chi connectivity index (χ1n) is 6.89. The zero-order valence-electron chi connectivity index (χ0n) is 12.4. The number of carboxylic acids is 1. The van der Waals surface area contributed by atoms with E-state index in [4.69, 9.17) is 15.3 Å². The summed E-state index contributed by atoms with van der Waals surface area (Å²) in [6.07, 6.45) is 4.74. The molecule has 0 amide bonds. The summed E-state index contributed by atoms with van der Waals surface area (Å²) in [4.78, 5) is 17.6. The van der Waals surface area contributed by atoms with Gasteiger partial charge in [-0.3, -0.25) is 9.98 Å². The minimum Gasteiger partial charge on any atom is -0.480 e. The van der Waals surface area contributed by atoms with E-state index in [1.165, 1.54) is 0 Å². The Balaban J connectivity index is 0. The lowest BCUT2D eigenvalue weighted by Crippen LogP contribution is -2.17. The summed E-state index contributed by atoms with van der Waals surface area (Å²) in [7, 11) is 0. The van der Waals surface area contributed by atoms with E-state index < -0.39 is 12.0 Å². The minimum absolute atomic E-state index is 0.101. The Morgan fingerprint density at radius 1 is 1.00 bits per heavy atom. The normalized spacial score (nSPS) is 12.8. The molecule has 0 rings (SSSR count). The van der Waals surface area contributed by atoms with E-state index in [9.17, 15) is 4.79 Å². The lowest BCUT2D eigenvalue weighted by Gasteiger charge is -2.04. The summed E-state index contributed by atoms with van der Waals surface area (Å²) >= 11 is 0. The van der Waals surface area contributed by atoms with Crippen molar-refractivity contribution in [2.24, 2.45) is 9.98 Å². The van der Waals surface area contributed by atoms with Crippen LogP contribution in [0.15, 0.2) is 9.98 Å². The Labute approximate surface area is 121 Å². The lowest BCUT2D eigenvalue weighted by atomic mass is 10.1. The third-order valence-corrected chi connectivity index (χ3v) is 2.73. The number of hydrogen-bond donors (Lipinski definition) is 3. The van der Waals surface area contributed by atoms with Gasteiger partial charge in [-0.15, -0.1) is 0 Å². The zero-order chi connectivity index (χ0) is 15.8. The standard InChI is InChI=1S/C7H13NO3.C7H15NO/c1-8-6(7(10)11)4-2-3-5-9;1-7(8-2)5-3-4-6-9/h6,9H,1-5H2,(H,10,11);7,9H,2-6H2,1H3/t6-;7-/m01/s1. The number of carboxylic acid groups (broad SMARTS) is 1. The number of aliphatic hydroxyl groups is 2. The molecule has 118 valence electrons. The van der Waals surface area contributed by atoms with Crippen LogP contribution in [0.25, 0.3) is 0 Å². The Morgan fingerprint density at radius 2 is 1.50 bits per heavy atom. The van der Waals surface area contributed by atoms with E-state index in [-0.39, 0.29) is 6.61 Å². The van der Waals surface area contributed by atoms with Crippen LogP contribution < -0.4 is 0 Å². The number of carbonyl (C=O) groups is 1. The van der Waals surface area contributed by atoms with Crippen molar-refractivity contribution in [3.8, 4) is 0 Å². The SMILES string of the molecule is C=N[C@@H](CCCCO)C(=O)O.C=N[C@H](C)CCCCO. The molecule has 0 aromatic rings. The second kappa shape index (κ2) is 15.8. The third kappa shape index (κ3) is 14.8. The Hall–Kier alpha value is -1.27. The van der Waals surface area contributed by atoms with Gasteiger partial charge < -0.3 is 15.3 Å². The minimum atomic E-state index is -0.946. The molecule has 0 aliphatic rings.